The molecule has 0 aliphatic heterocycles. The van der Waals surface area contributed by atoms with Crippen LogP contribution < -0.4 is 14.9 Å². The van der Waals surface area contributed by atoms with Crippen LogP contribution in [0.5, 0.6) is 11.5 Å². The van der Waals surface area contributed by atoms with Gasteiger partial charge in [-0.25, -0.2) is 5.43 Å². The van der Waals surface area contributed by atoms with Gasteiger partial charge in [-0.3, -0.25) is 4.79 Å². The number of benzene rings is 2. The lowest BCUT2D eigenvalue weighted by atomic mass is 10.1. The molecular weight excluding hydrogens is 316 g/mol. The Hall–Kier alpha value is -3.08. The van der Waals surface area contributed by atoms with Crippen LogP contribution >= 0.6 is 0 Å². The minimum absolute atomic E-state index is 0.0931. The van der Waals surface area contributed by atoms with Crippen molar-refractivity contribution in [1.29, 1.82) is 0 Å². The van der Waals surface area contributed by atoms with Gasteiger partial charge in [0.2, 0.25) is 0 Å². The summed E-state index contributed by atoms with van der Waals surface area (Å²) in [6, 6.07) is 13.2. The van der Waals surface area contributed by atoms with E-state index < -0.39 is 0 Å². The molecule has 2 aromatic carbocycles. The topological polar surface area (TPSA) is 59.9 Å². The zero-order valence-electron chi connectivity index (χ0n) is 14.5. The van der Waals surface area contributed by atoms with E-state index >= 15 is 0 Å². The second kappa shape index (κ2) is 9.27. The number of hydrogen-bond acceptors (Lipinski definition) is 4. The van der Waals surface area contributed by atoms with Gasteiger partial charge in [0.25, 0.3) is 5.91 Å². The highest BCUT2D eigenvalue weighted by molar-refractivity contribution is 5.83. The third-order valence-corrected chi connectivity index (χ3v) is 3.33. The van der Waals surface area contributed by atoms with Crippen LogP contribution in [0.1, 0.15) is 16.7 Å². The molecule has 0 saturated carbocycles. The molecule has 2 aromatic rings. The van der Waals surface area contributed by atoms with E-state index in [0.717, 1.165) is 16.7 Å². The third kappa shape index (κ3) is 6.14. The minimum atomic E-state index is -0.323. The monoisotopic (exact) mass is 338 g/mol. The van der Waals surface area contributed by atoms with E-state index in [-0.39, 0.29) is 12.5 Å². The fraction of sp³-hybridized carbons (Fsp3) is 0.200. The normalized spacial score (nSPS) is 10.5. The number of ether oxygens (including phenoxy) is 2. The molecule has 2 rings (SSSR count). The Balaban J connectivity index is 1.84. The van der Waals surface area contributed by atoms with Crippen molar-refractivity contribution in [1.82, 2.24) is 5.43 Å². The third-order valence-electron chi connectivity index (χ3n) is 3.33. The summed E-state index contributed by atoms with van der Waals surface area (Å²) in [5, 5.41) is 3.93. The van der Waals surface area contributed by atoms with Crippen molar-refractivity contribution in [3.05, 3.63) is 71.8 Å². The summed E-state index contributed by atoms with van der Waals surface area (Å²) in [4.78, 5) is 11.8. The van der Waals surface area contributed by atoms with Crippen molar-refractivity contribution in [2.75, 3.05) is 13.2 Å². The highest BCUT2D eigenvalue weighted by Crippen LogP contribution is 2.18. The highest BCUT2D eigenvalue weighted by Gasteiger charge is 2.04. The lowest BCUT2D eigenvalue weighted by molar-refractivity contribution is -0.123. The average Bonchev–Trinajstić information content (AvgIpc) is 2.61. The number of nitrogens with one attached hydrogen (secondary N) is 1. The van der Waals surface area contributed by atoms with Crippen molar-refractivity contribution >= 4 is 12.1 Å². The first-order valence-electron chi connectivity index (χ1n) is 7.94. The number of hydrogen-bond donors (Lipinski definition) is 1. The molecule has 0 aliphatic rings. The quantitative estimate of drug-likeness (QED) is 0.456. The van der Waals surface area contributed by atoms with E-state index in [0.29, 0.717) is 18.1 Å². The maximum atomic E-state index is 11.8. The molecule has 130 valence electrons. The minimum Gasteiger partial charge on any atom is -0.490 e. The van der Waals surface area contributed by atoms with Gasteiger partial charge in [0, 0.05) is 0 Å². The molecule has 0 saturated heterocycles. The molecule has 0 fully saturated rings. The van der Waals surface area contributed by atoms with Crippen LogP contribution in [0.2, 0.25) is 0 Å². The Bertz CT molecular complexity index is 769. The summed E-state index contributed by atoms with van der Waals surface area (Å²) in [5.74, 6) is 1.09. The van der Waals surface area contributed by atoms with Crippen LogP contribution in [0.15, 0.2) is 60.2 Å². The SMILES string of the molecule is C=CCOc1cccc(/C=N\NC(=O)COc2cc(C)ccc2C)c1. The molecule has 0 unspecified atom stereocenters. The van der Waals surface area contributed by atoms with Crippen LogP contribution in [0.4, 0.5) is 0 Å². The molecular formula is C20H22N2O3. The second-order valence-corrected chi connectivity index (χ2v) is 5.52. The van der Waals surface area contributed by atoms with E-state index in [9.17, 15) is 4.79 Å². The summed E-state index contributed by atoms with van der Waals surface area (Å²) in [6.07, 6.45) is 3.23. The van der Waals surface area contributed by atoms with Gasteiger partial charge in [0.05, 0.1) is 6.21 Å². The summed E-state index contributed by atoms with van der Waals surface area (Å²) < 4.78 is 11.0. The molecule has 25 heavy (non-hydrogen) atoms. The largest absolute Gasteiger partial charge is 0.490 e. The summed E-state index contributed by atoms with van der Waals surface area (Å²) in [5.41, 5.74) is 5.33. The summed E-state index contributed by atoms with van der Waals surface area (Å²) in [7, 11) is 0. The van der Waals surface area contributed by atoms with Crippen molar-refractivity contribution in [3.8, 4) is 11.5 Å². The fourth-order valence-electron chi connectivity index (χ4n) is 2.06. The first-order valence-corrected chi connectivity index (χ1v) is 7.94. The molecule has 0 radical (unpaired) electrons. The van der Waals surface area contributed by atoms with Gasteiger partial charge in [0.15, 0.2) is 6.61 Å². The van der Waals surface area contributed by atoms with Gasteiger partial charge < -0.3 is 9.47 Å². The molecule has 0 heterocycles. The summed E-state index contributed by atoms with van der Waals surface area (Å²) >= 11 is 0. The molecule has 0 aromatic heterocycles. The molecule has 1 amide bonds. The number of rotatable bonds is 8. The van der Waals surface area contributed by atoms with E-state index in [4.69, 9.17) is 9.47 Å². The Morgan fingerprint density at radius 3 is 2.84 bits per heavy atom. The second-order valence-electron chi connectivity index (χ2n) is 5.52. The number of carbonyl (C=O) groups excluding carboxylic acids is 1. The maximum Gasteiger partial charge on any atom is 0.277 e. The van der Waals surface area contributed by atoms with Crippen LogP contribution in [0.3, 0.4) is 0 Å². The maximum absolute atomic E-state index is 11.8. The summed E-state index contributed by atoms with van der Waals surface area (Å²) in [6.45, 7) is 7.86. The Morgan fingerprint density at radius 2 is 2.04 bits per heavy atom. The average molecular weight is 338 g/mol. The first kappa shape index (κ1) is 18.3. The molecule has 5 nitrogen and oxygen atoms in total. The van der Waals surface area contributed by atoms with E-state index in [1.807, 2.05) is 56.3 Å². The van der Waals surface area contributed by atoms with Crippen molar-refractivity contribution < 1.29 is 14.3 Å². The van der Waals surface area contributed by atoms with Gasteiger partial charge in [-0.2, -0.15) is 5.10 Å². The molecule has 5 heteroatoms. The Kier molecular flexibility index (Phi) is 6.77. The molecule has 0 atom stereocenters. The van der Waals surface area contributed by atoms with Gasteiger partial charge in [0.1, 0.15) is 18.1 Å². The number of hydrazone groups is 1. The van der Waals surface area contributed by atoms with Crippen LogP contribution in [0, 0.1) is 13.8 Å². The van der Waals surface area contributed by atoms with Gasteiger partial charge in [-0.15, -0.1) is 0 Å². The molecule has 1 N–H and O–H groups in total. The fourth-order valence-corrected chi connectivity index (χ4v) is 2.06. The van der Waals surface area contributed by atoms with E-state index in [1.165, 1.54) is 0 Å². The zero-order valence-corrected chi connectivity index (χ0v) is 14.5. The van der Waals surface area contributed by atoms with Crippen LogP contribution in [-0.4, -0.2) is 25.3 Å². The highest BCUT2D eigenvalue weighted by atomic mass is 16.5. The van der Waals surface area contributed by atoms with Gasteiger partial charge in [-0.05, 0) is 48.7 Å². The smallest absolute Gasteiger partial charge is 0.277 e. The number of nitrogens with zero attached hydrogens (tertiary/aromatic N) is 1. The number of carbonyl (C=O) groups is 1. The van der Waals surface area contributed by atoms with Crippen LogP contribution in [-0.2, 0) is 4.79 Å². The van der Waals surface area contributed by atoms with Gasteiger partial charge >= 0.3 is 0 Å². The predicted octanol–water partition coefficient (Wildman–Crippen LogP) is 3.40. The van der Waals surface area contributed by atoms with Crippen molar-refractivity contribution in [2.45, 2.75) is 13.8 Å². The number of amides is 1. The van der Waals surface area contributed by atoms with Crippen molar-refractivity contribution in [2.24, 2.45) is 5.10 Å². The molecule has 0 bridgehead atoms. The zero-order chi connectivity index (χ0) is 18.1. The van der Waals surface area contributed by atoms with Gasteiger partial charge in [-0.1, -0.05) is 36.9 Å². The first-order chi connectivity index (χ1) is 12.1. The van der Waals surface area contributed by atoms with Crippen molar-refractivity contribution in [3.63, 3.8) is 0 Å². The Labute approximate surface area is 148 Å². The lowest BCUT2D eigenvalue weighted by Crippen LogP contribution is -2.24. The lowest BCUT2D eigenvalue weighted by Gasteiger charge is -2.08. The van der Waals surface area contributed by atoms with Crippen LogP contribution in [0.25, 0.3) is 0 Å². The number of aryl methyl sites for hydroxylation is 2. The molecule has 0 aliphatic carbocycles. The predicted molar refractivity (Wildman–Crippen MR) is 99.3 cm³/mol. The van der Waals surface area contributed by atoms with E-state index in [2.05, 4.69) is 17.1 Å². The van der Waals surface area contributed by atoms with E-state index in [1.54, 1.807) is 12.3 Å². The standard InChI is InChI=1S/C20H22N2O3/c1-4-10-24-18-7-5-6-17(12-18)13-21-22-20(23)14-25-19-11-15(2)8-9-16(19)3/h4-9,11-13H,1,10,14H2,2-3H3,(H,22,23)/b21-13-. The molecule has 0 spiro atoms. The Morgan fingerprint density at radius 1 is 1.20 bits per heavy atom.